The Hall–Kier alpha value is -0.870. The fourth-order valence-corrected chi connectivity index (χ4v) is 3.02. The van der Waals surface area contributed by atoms with Crippen molar-refractivity contribution in [2.24, 2.45) is 7.05 Å². The Bertz CT molecular complexity index is 392. The Morgan fingerprint density at radius 3 is 2.63 bits per heavy atom. The van der Waals surface area contributed by atoms with Crippen LogP contribution in [0, 0.1) is 0 Å². The van der Waals surface area contributed by atoms with E-state index in [1.54, 1.807) is 0 Å². The largest absolute Gasteiger partial charge is 0.389 e. The van der Waals surface area contributed by atoms with E-state index in [1.807, 2.05) is 11.7 Å². The first-order chi connectivity index (χ1) is 9.13. The Kier molecular flexibility index (Phi) is 4.99. The summed E-state index contributed by atoms with van der Waals surface area (Å²) in [4.78, 5) is 0. The van der Waals surface area contributed by atoms with Crippen LogP contribution in [0.1, 0.15) is 56.7 Å². The molecule has 4 heteroatoms. The van der Waals surface area contributed by atoms with Crippen LogP contribution in [-0.4, -0.2) is 27.0 Å². The lowest BCUT2D eigenvalue weighted by molar-refractivity contribution is 0.0250. The molecule has 0 saturated heterocycles. The van der Waals surface area contributed by atoms with Crippen molar-refractivity contribution in [1.29, 1.82) is 0 Å². The number of hydrogen-bond donors (Lipinski definition) is 2. The van der Waals surface area contributed by atoms with Gasteiger partial charge < -0.3 is 10.4 Å². The zero-order valence-electron chi connectivity index (χ0n) is 12.3. The summed E-state index contributed by atoms with van der Waals surface area (Å²) in [5, 5.41) is 18.4. The van der Waals surface area contributed by atoms with Crippen LogP contribution in [0.5, 0.6) is 0 Å². The molecule has 1 aliphatic rings. The first-order valence-electron chi connectivity index (χ1n) is 7.57. The number of nitrogens with zero attached hydrogens (tertiary/aromatic N) is 2. The van der Waals surface area contributed by atoms with Crippen LogP contribution in [0.4, 0.5) is 0 Å². The maximum absolute atomic E-state index is 10.6. The van der Waals surface area contributed by atoms with Gasteiger partial charge in [-0.05, 0) is 19.3 Å². The molecule has 1 heterocycles. The standard InChI is InChI=1S/C15H27N3O/c1-3-14-13(11-18(2)17-14)10-16-12-15(19)8-6-4-5-7-9-15/h11,16,19H,3-10,12H2,1-2H3. The summed E-state index contributed by atoms with van der Waals surface area (Å²) in [7, 11) is 1.96. The van der Waals surface area contributed by atoms with Gasteiger partial charge in [0, 0.05) is 31.9 Å². The van der Waals surface area contributed by atoms with Crippen LogP contribution in [0.15, 0.2) is 6.20 Å². The smallest absolute Gasteiger partial charge is 0.0771 e. The van der Waals surface area contributed by atoms with Gasteiger partial charge in [0.15, 0.2) is 0 Å². The van der Waals surface area contributed by atoms with E-state index in [0.717, 1.165) is 44.3 Å². The van der Waals surface area contributed by atoms with Crippen molar-refractivity contribution in [2.75, 3.05) is 6.54 Å². The summed E-state index contributed by atoms with van der Waals surface area (Å²) < 4.78 is 1.87. The third-order valence-electron chi connectivity index (χ3n) is 4.13. The molecule has 0 aromatic carbocycles. The minimum Gasteiger partial charge on any atom is -0.389 e. The van der Waals surface area contributed by atoms with E-state index >= 15 is 0 Å². The van der Waals surface area contributed by atoms with E-state index in [0.29, 0.717) is 6.54 Å². The van der Waals surface area contributed by atoms with Crippen LogP contribution in [-0.2, 0) is 20.0 Å². The van der Waals surface area contributed by atoms with Gasteiger partial charge in [0.1, 0.15) is 0 Å². The van der Waals surface area contributed by atoms with Gasteiger partial charge in [-0.3, -0.25) is 4.68 Å². The van der Waals surface area contributed by atoms with Crippen LogP contribution in [0.3, 0.4) is 0 Å². The molecule has 0 aliphatic heterocycles. The average molecular weight is 265 g/mol. The minimum absolute atomic E-state index is 0.495. The molecule has 0 atom stereocenters. The number of aromatic nitrogens is 2. The Balaban J connectivity index is 1.85. The van der Waals surface area contributed by atoms with Gasteiger partial charge in [-0.15, -0.1) is 0 Å². The van der Waals surface area contributed by atoms with Gasteiger partial charge in [-0.2, -0.15) is 5.10 Å². The van der Waals surface area contributed by atoms with E-state index in [9.17, 15) is 5.11 Å². The molecule has 1 saturated carbocycles. The number of rotatable bonds is 5. The molecule has 1 aliphatic carbocycles. The molecule has 1 fully saturated rings. The van der Waals surface area contributed by atoms with Crippen molar-refractivity contribution in [3.63, 3.8) is 0 Å². The van der Waals surface area contributed by atoms with Crippen molar-refractivity contribution < 1.29 is 5.11 Å². The fourth-order valence-electron chi connectivity index (χ4n) is 3.02. The van der Waals surface area contributed by atoms with Crippen molar-refractivity contribution in [2.45, 2.75) is 64.0 Å². The maximum atomic E-state index is 10.6. The van der Waals surface area contributed by atoms with Gasteiger partial charge >= 0.3 is 0 Å². The lowest BCUT2D eigenvalue weighted by Gasteiger charge is -2.26. The highest BCUT2D eigenvalue weighted by Crippen LogP contribution is 2.26. The maximum Gasteiger partial charge on any atom is 0.0771 e. The van der Waals surface area contributed by atoms with E-state index in [2.05, 4.69) is 23.5 Å². The molecule has 19 heavy (non-hydrogen) atoms. The molecule has 0 unspecified atom stereocenters. The van der Waals surface area contributed by atoms with Crippen LogP contribution >= 0.6 is 0 Å². The average Bonchev–Trinajstić information content (AvgIpc) is 2.59. The van der Waals surface area contributed by atoms with Crippen LogP contribution < -0.4 is 5.32 Å². The molecular formula is C15H27N3O. The lowest BCUT2D eigenvalue weighted by Crippen LogP contribution is -2.39. The first-order valence-corrected chi connectivity index (χ1v) is 7.57. The highest BCUT2D eigenvalue weighted by atomic mass is 16.3. The van der Waals surface area contributed by atoms with Crippen LogP contribution in [0.25, 0.3) is 0 Å². The molecule has 1 aromatic heterocycles. The highest BCUT2D eigenvalue weighted by molar-refractivity contribution is 5.16. The molecule has 4 nitrogen and oxygen atoms in total. The summed E-state index contributed by atoms with van der Waals surface area (Å²) in [6, 6.07) is 0. The first kappa shape index (κ1) is 14.5. The van der Waals surface area contributed by atoms with Gasteiger partial charge in [0.25, 0.3) is 0 Å². The van der Waals surface area contributed by atoms with Gasteiger partial charge in [0.05, 0.1) is 11.3 Å². The monoisotopic (exact) mass is 265 g/mol. The second kappa shape index (κ2) is 6.53. The molecule has 0 amide bonds. The second-order valence-electron chi connectivity index (χ2n) is 5.87. The van der Waals surface area contributed by atoms with Crippen molar-refractivity contribution in [1.82, 2.24) is 15.1 Å². The zero-order valence-corrected chi connectivity index (χ0v) is 12.3. The molecule has 0 spiro atoms. The fraction of sp³-hybridized carbons (Fsp3) is 0.800. The Labute approximate surface area is 116 Å². The number of aliphatic hydroxyl groups is 1. The van der Waals surface area contributed by atoms with E-state index in [-0.39, 0.29) is 0 Å². The third kappa shape index (κ3) is 4.05. The Morgan fingerprint density at radius 1 is 1.32 bits per heavy atom. The lowest BCUT2D eigenvalue weighted by atomic mass is 9.94. The summed E-state index contributed by atoms with van der Waals surface area (Å²) >= 11 is 0. The third-order valence-corrected chi connectivity index (χ3v) is 4.13. The van der Waals surface area contributed by atoms with Gasteiger partial charge in [-0.1, -0.05) is 32.6 Å². The summed E-state index contributed by atoms with van der Waals surface area (Å²) in [6.45, 7) is 3.63. The zero-order chi connectivity index (χ0) is 13.7. The highest BCUT2D eigenvalue weighted by Gasteiger charge is 2.27. The van der Waals surface area contributed by atoms with E-state index in [4.69, 9.17) is 0 Å². The van der Waals surface area contributed by atoms with Crippen molar-refractivity contribution in [3.8, 4) is 0 Å². The normalized spacial score (nSPS) is 19.3. The number of aryl methyl sites for hydroxylation is 2. The van der Waals surface area contributed by atoms with Gasteiger partial charge in [-0.25, -0.2) is 0 Å². The molecule has 2 rings (SSSR count). The molecule has 0 bridgehead atoms. The van der Waals surface area contributed by atoms with Crippen molar-refractivity contribution >= 4 is 0 Å². The topological polar surface area (TPSA) is 50.1 Å². The van der Waals surface area contributed by atoms with Crippen LogP contribution in [0.2, 0.25) is 0 Å². The summed E-state index contributed by atoms with van der Waals surface area (Å²) in [6.07, 6.45) is 9.76. The Morgan fingerprint density at radius 2 is 2.00 bits per heavy atom. The summed E-state index contributed by atoms with van der Waals surface area (Å²) in [5.41, 5.74) is 1.91. The minimum atomic E-state index is -0.495. The molecule has 2 N–H and O–H groups in total. The molecule has 108 valence electrons. The quantitative estimate of drug-likeness (QED) is 0.802. The SMILES string of the molecule is CCc1nn(C)cc1CNCC1(O)CCCCCC1. The molecular weight excluding hydrogens is 238 g/mol. The van der Waals surface area contributed by atoms with Crippen molar-refractivity contribution in [3.05, 3.63) is 17.5 Å². The number of nitrogens with one attached hydrogen (secondary N) is 1. The molecule has 1 aromatic rings. The number of hydrogen-bond acceptors (Lipinski definition) is 3. The van der Waals surface area contributed by atoms with Gasteiger partial charge in [0.2, 0.25) is 0 Å². The van der Waals surface area contributed by atoms with E-state index < -0.39 is 5.60 Å². The summed E-state index contributed by atoms with van der Waals surface area (Å²) in [5.74, 6) is 0. The second-order valence-corrected chi connectivity index (χ2v) is 5.87. The molecule has 0 radical (unpaired) electrons. The predicted octanol–water partition coefficient (Wildman–Crippen LogP) is 2.16. The predicted molar refractivity (Wildman–Crippen MR) is 76.9 cm³/mol. The van der Waals surface area contributed by atoms with E-state index in [1.165, 1.54) is 18.4 Å².